The van der Waals surface area contributed by atoms with Gasteiger partial charge in [0.25, 0.3) is 0 Å². The number of halogens is 8. The standard InChI is InChI=1S/C33H38F8N6O5S2/c1-6-10-42-26-16-25(46-53(4,49)50)18(3)29(33(39,40)41)22(26)14-20(21-8-9-27(32(36,37)38)45-31(21)43-11-7-2)15-28(48)44-17-19-12-23(34)30(24(35)13-19)47-54(5,51)52/h8-9,12-13,15-16,42,46-47H,6-7,10-11,14,17H2,1-5H3,(H,43,45)(H,44,48). The van der Waals surface area contributed by atoms with Crippen molar-refractivity contribution in [2.24, 2.45) is 0 Å². The summed E-state index contributed by atoms with van der Waals surface area (Å²) in [6.45, 7) is 4.04. The maximum absolute atomic E-state index is 14.9. The van der Waals surface area contributed by atoms with Gasteiger partial charge in [0, 0.05) is 43.4 Å². The molecule has 11 nitrogen and oxygen atoms in total. The number of alkyl halides is 6. The normalized spacial score (nSPS) is 12.7. The highest BCUT2D eigenvalue weighted by atomic mass is 32.2. The van der Waals surface area contributed by atoms with Crippen molar-refractivity contribution in [2.75, 3.05) is 45.7 Å². The van der Waals surface area contributed by atoms with Gasteiger partial charge in [-0.05, 0) is 72.4 Å². The molecular weight excluding hydrogens is 777 g/mol. The molecule has 54 heavy (non-hydrogen) atoms. The van der Waals surface area contributed by atoms with Crippen LogP contribution in [0.15, 0.2) is 36.4 Å². The zero-order valence-corrected chi connectivity index (χ0v) is 31.2. The van der Waals surface area contributed by atoms with Crippen molar-refractivity contribution in [2.45, 2.75) is 58.9 Å². The number of carbonyl (C=O) groups is 1. The predicted molar refractivity (Wildman–Crippen MR) is 190 cm³/mol. The van der Waals surface area contributed by atoms with Gasteiger partial charge in [0.15, 0.2) is 11.6 Å². The molecule has 298 valence electrons. The maximum Gasteiger partial charge on any atom is 0.433 e. The number of pyridine rings is 1. The van der Waals surface area contributed by atoms with Crippen molar-refractivity contribution in [1.29, 1.82) is 0 Å². The molecule has 0 fully saturated rings. The predicted octanol–water partition coefficient (Wildman–Crippen LogP) is 7.04. The lowest BCUT2D eigenvalue weighted by molar-refractivity contribution is -0.141. The molecule has 0 radical (unpaired) electrons. The van der Waals surface area contributed by atoms with Crippen molar-refractivity contribution in [3.05, 3.63) is 81.6 Å². The fourth-order valence-corrected chi connectivity index (χ4v) is 6.38. The van der Waals surface area contributed by atoms with Gasteiger partial charge < -0.3 is 16.0 Å². The fraction of sp³-hybridized carbons (Fsp3) is 0.394. The molecule has 21 heteroatoms. The molecule has 0 spiro atoms. The Morgan fingerprint density at radius 3 is 1.91 bits per heavy atom. The minimum absolute atomic E-state index is 0.0736. The topological polar surface area (TPSA) is 158 Å². The number of hydrogen-bond donors (Lipinski definition) is 5. The summed E-state index contributed by atoms with van der Waals surface area (Å²) in [7, 11) is -8.13. The van der Waals surface area contributed by atoms with Gasteiger partial charge in [0.1, 0.15) is 17.2 Å². The Hall–Kier alpha value is -4.66. The van der Waals surface area contributed by atoms with Crippen LogP contribution in [0.4, 0.5) is 58.0 Å². The third-order valence-corrected chi connectivity index (χ3v) is 8.61. The van der Waals surface area contributed by atoms with Gasteiger partial charge in [-0.2, -0.15) is 26.3 Å². The first kappa shape index (κ1) is 43.7. The van der Waals surface area contributed by atoms with Crippen molar-refractivity contribution in [3.63, 3.8) is 0 Å². The molecular formula is C33H38F8N6O5S2. The molecule has 2 aromatic carbocycles. The van der Waals surface area contributed by atoms with E-state index in [-0.39, 0.29) is 35.5 Å². The molecule has 0 bridgehead atoms. The number of carbonyl (C=O) groups excluding carboxylic acids is 1. The molecule has 3 rings (SSSR count). The Bertz CT molecular complexity index is 2100. The van der Waals surface area contributed by atoms with Gasteiger partial charge in [-0.25, -0.2) is 30.6 Å². The lowest BCUT2D eigenvalue weighted by Gasteiger charge is -2.24. The fourth-order valence-electron chi connectivity index (χ4n) is 5.20. The summed E-state index contributed by atoms with van der Waals surface area (Å²) < 4.78 is 166. The van der Waals surface area contributed by atoms with E-state index in [4.69, 9.17) is 0 Å². The molecule has 1 aromatic heterocycles. The van der Waals surface area contributed by atoms with Gasteiger partial charge in [-0.15, -0.1) is 0 Å². The molecule has 0 saturated heterocycles. The van der Waals surface area contributed by atoms with E-state index in [0.29, 0.717) is 25.2 Å². The van der Waals surface area contributed by atoms with Crippen LogP contribution in [-0.2, 0) is 50.2 Å². The van der Waals surface area contributed by atoms with E-state index in [2.05, 4.69) is 25.7 Å². The van der Waals surface area contributed by atoms with Crippen LogP contribution in [-0.4, -0.2) is 53.3 Å². The van der Waals surface area contributed by atoms with Crippen LogP contribution >= 0.6 is 0 Å². The molecule has 0 aliphatic carbocycles. The second-order valence-corrected chi connectivity index (χ2v) is 15.6. The summed E-state index contributed by atoms with van der Waals surface area (Å²) in [5.74, 6) is -4.10. The van der Waals surface area contributed by atoms with Crippen LogP contribution in [0.1, 0.15) is 60.2 Å². The summed E-state index contributed by atoms with van der Waals surface area (Å²) in [6.07, 6.45) is -7.78. The highest BCUT2D eigenvalue weighted by molar-refractivity contribution is 7.92. The van der Waals surface area contributed by atoms with Crippen LogP contribution in [0.25, 0.3) is 5.57 Å². The van der Waals surface area contributed by atoms with Crippen LogP contribution in [0.5, 0.6) is 0 Å². The first-order valence-corrected chi connectivity index (χ1v) is 19.8. The third kappa shape index (κ3) is 12.2. The van der Waals surface area contributed by atoms with E-state index in [0.717, 1.165) is 43.5 Å². The van der Waals surface area contributed by atoms with Gasteiger partial charge in [0.05, 0.1) is 23.8 Å². The van der Waals surface area contributed by atoms with Crippen molar-refractivity contribution in [1.82, 2.24) is 10.3 Å². The van der Waals surface area contributed by atoms with E-state index in [1.165, 1.54) is 0 Å². The first-order chi connectivity index (χ1) is 24.8. The van der Waals surface area contributed by atoms with E-state index in [1.54, 1.807) is 18.6 Å². The average Bonchev–Trinajstić information content (AvgIpc) is 3.02. The average molecular weight is 815 g/mol. The maximum atomic E-state index is 14.9. The number of benzene rings is 2. The molecule has 1 amide bonds. The van der Waals surface area contributed by atoms with Crippen LogP contribution < -0.4 is 25.4 Å². The minimum Gasteiger partial charge on any atom is -0.385 e. The lowest BCUT2D eigenvalue weighted by Crippen LogP contribution is -2.22. The Kier molecular flexibility index (Phi) is 13.9. The highest BCUT2D eigenvalue weighted by Crippen LogP contribution is 2.44. The molecule has 0 aliphatic heterocycles. The van der Waals surface area contributed by atoms with E-state index in [9.17, 15) is 56.8 Å². The number of sulfonamides is 2. The first-order valence-electron chi connectivity index (χ1n) is 16.1. The molecule has 0 unspecified atom stereocenters. The summed E-state index contributed by atoms with van der Waals surface area (Å²) in [4.78, 5) is 17.0. The summed E-state index contributed by atoms with van der Waals surface area (Å²) in [5, 5.41) is 7.88. The molecule has 5 N–H and O–H groups in total. The van der Waals surface area contributed by atoms with Gasteiger partial charge >= 0.3 is 12.4 Å². The third-order valence-electron chi connectivity index (χ3n) is 7.44. The quantitative estimate of drug-likeness (QED) is 0.0762. The second kappa shape index (κ2) is 17.2. The summed E-state index contributed by atoms with van der Waals surface area (Å²) in [6, 6.07) is 4.11. The monoisotopic (exact) mass is 814 g/mol. The van der Waals surface area contributed by atoms with Crippen LogP contribution in [0.2, 0.25) is 0 Å². The lowest BCUT2D eigenvalue weighted by atomic mass is 9.89. The molecule has 0 aliphatic rings. The largest absolute Gasteiger partial charge is 0.433 e. The van der Waals surface area contributed by atoms with Crippen molar-refractivity contribution >= 4 is 54.4 Å². The Morgan fingerprint density at radius 1 is 0.815 bits per heavy atom. The van der Waals surface area contributed by atoms with Gasteiger partial charge in [-0.3, -0.25) is 14.2 Å². The number of nitrogens with zero attached hydrogens (tertiary/aromatic N) is 1. The number of amides is 1. The van der Waals surface area contributed by atoms with Crippen LogP contribution in [0.3, 0.4) is 0 Å². The molecule has 3 aromatic rings. The smallest absolute Gasteiger partial charge is 0.385 e. The minimum atomic E-state index is -5.11. The zero-order valence-electron chi connectivity index (χ0n) is 29.5. The number of aromatic nitrogens is 1. The summed E-state index contributed by atoms with van der Waals surface area (Å²) in [5.41, 5.74) is -5.83. The van der Waals surface area contributed by atoms with E-state index < -0.39 is 102 Å². The Balaban J connectivity index is 2.27. The van der Waals surface area contributed by atoms with E-state index >= 15 is 0 Å². The number of allylic oxidation sites excluding steroid dienone is 1. The van der Waals surface area contributed by atoms with Crippen molar-refractivity contribution < 1.29 is 56.8 Å². The summed E-state index contributed by atoms with van der Waals surface area (Å²) >= 11 is 0. The highest BCUT2D eigenvalue weighted by Gasteiger charge is 2.39. The van der Waals surface area contributed by atoms with Gasteiger partial charge in [0.2, 0.25) is 26.0 Å². The second-order valence-electron chi connectivity index (χ2n) is 12.1. The van der Waals surface area contributed by atoms with Crippen molar-refractivity contribution in [3.8, 4) is 0 Å². The van der Waals surface area contributed by atoms with Crippen LogP contribution in [0, 0.1) is 18.6 Å². The molecule has 0 saturated carbocycles. The number of anilines is 4. The van der Waals surface area contributed by atoms with Gasteiger partial charge in [-0.1, -0.05) is 13.8 Å². The molecule has 0 atom stereocenters. The molecule has 1 heterocycles. The zero-order chi connectivity index (χ0) is 40.8. The number of rotatable bonds is 16. The SMILES string of the molecule is CCCNc1cc(NS(C)(=O)=O)c(C)c(C(F)(F)F)c1CC(=CC(=O)NCc1cc(F)c(NS(C)(=O)=O)c(F)c1)c1ccc(C(F)(F)F)nc1NCCC. The number of hydrogen-bond acceptors (Lipinski definition) is 8. The Labute approximate surface area is 307 Å². The number of nitrogens with one attached hydrogen (secondary N) is 5. The Morgan fingerprint density at radius 2 is 1.39 bits per heavy atom. The van der Waals surface area contributed by atoms with E-state index in [1.807, 2.05) is 0 Å².